The summed E-state index contributed by atoms with van der Waals surface area (Å²) >= 11 is 0. The maximum atomic E-state index is 5.93. The molecule has 1 aromatic heterocycles. The van der Waals surface area contributed by atoms with Gasteiger partial charge in [-0.15, -0.1) is 0 Å². The van der Waals surface area contributed by atoms with Crippen LogP contribution in [0.25, 0.3) is 10.9 Å². The van der Waals surface area contributed by atoms with E-state index in [0.29, 0.717) is 12.6 Å². The van der Waals surface area contributed by atoms with Crippen molar-refractivity contribution in [2.45, 2.75) is 38.6 Å². The summed E-state index contributed by atoms with van der Waals surface area (Å²) in [5, 5.41) is 4.72. The van der Waals surface area contributed by atoms with Crippen LogP contribution in [0.4, 0.5) is 0 Å². The van der Waals surface area contributed by atoms with Crippen molar-refractivity contribution in [3.63, 3.8) is 0 Å². The summed E-state index contributed by atoms with van der Waals surface area (Å²) in [6, 6.07) is 10.7. The van der Waals surface area contributed by atoms with Gasteiger partial charge < -0.3 is 10.1 Å². The number of rotatable bonds is 5. The maximum Gasteiger partial charge on any atom is 0.128 e. The Morgan fingerprint density at radius 3 is 3.10 bits per heavy atom. The maximum absolute atomic E-state index is 5.93. The lowest BCUT2D eigenvalue weighted by Crippen LogP contribution is -2.36. The second-order valence-electron chi connectivity index (χ2n) is 6.10. The molecule has 2 unspecified atom stereocenters. The van der Waals surface area contributed by atoms with Crippen LogP contribution < -0.4 is 10.1 Å². The van der Waals surface area contributed by atoms with E-state index in [2.05, 4.69) is 23.3 Å². The normalized spacial score (nSPS) is 22.3. The highest BCUT2D eigenvalue weighted by atomic mass is 16.5. The molecule has 1 aliphatic carbocycles. The van der Waals surface area contributed by atoms with Crippen LogP contribution in [0.5, 0.6) is 5.75 Å². The Bertz CT molecular complexity index is 579. The van der Waals surface area contributed by atoms with Crippen molar-refractivity contribution >= 4 is 10.9 Å². The standard InChI is InChI=1S/C18H24N2O/c1-14-5-2-6-15(13-14)19-11-12-21-18-9-3-8-17-16(18)7-4-10-20-17/h3-4,7-10,14-15,19H,2,5-6,11-13H2,1H3. The lowest BCUT2D eigenvalue weighted by molar-refractivity contribution is 0.268. The van der Waals surface area contributed by atoms with E-state index in [0.717, 1.165) is 29.1 Å². The van der Waals surface area contributed by atoms with E-state index >= 15 is 0 Å². The Morgan fingerprint density at radius 2 is 2.19 bits per heavy atom. The van der Waals surface area contributed by atoms with Crippen LogP contribution in [-0.4, -0.2) is 24.2 Å². The molecule has 1 heterocycles. The van der Waals surface area contributed by atoms with Gasteiger partial charge in [-0.3, -0.25) is 4.98 Å². The summed E-state index contributed by atoms with van der Waals surface area (Å²) in [4.78, 5) is 4.36. The van der Waals surface area contributed by atoms with Gasteiger partial charge in [0, 0.05) is 24.2 Å². The van der Waals surface area contributed by atoms with Crippen LogP contribution >= 0.6 is 0 Å². The topological polar surface area (TPSA) is 34.1 Å². The molecular weight excluding hydrogens is 260 g/mol. The third-order valence-corrected chi connectivity index (χ3v) is 4.33. The smallest absolute Gasteiger partial charge is 0.128 e. The molecule has 1 aromatic carbocycles. The second-order valence-corrected chi connectivity index (χ2v) is 6.10. The zero-order valence-electron chi connectivity index (χ0n) is 12.7. The summed E-state index contributed by atoms with van der Waals surface area (Å²) in [5.74, 6) is 1.79. The van der Waals surface area contributed by atoms with Gasteiger partial charge in [-0.1, -0.05) is 25.8 Å². The molecule has 1 N–H and O–H groups in total. The molecule has 1 fully saturated rings. The van der Waals surface area contributed by atoms with Crippen LogP contribution in [0.2, 0.25) is 0 Å². The molecule has 0 amide bonds. The number of benzene rings is 1. The predicted molar refractivity (Wildman–Crippen MR) is 86.7 cm³/mol. The number of nitrogens with zero attached hydrogens (tertiary/aromatic N) is 1. The zero-order chi connectivity index (χ0) is 14.5. The Balaban J connectivity index is 1.50. The van der Waals surface area contributed by atoms with Gasteiger partial charge in [0.2, 0.25) is 0 Å². The largest absolute Gasteiger partial charge is 0.492 e. The Morgan fingerprint density at radius 1 is 1.24 bits per heavy atom. The zero-order valence-corrected chi connectivity index (χ0v) is 12.7. The Kier molecular flexibility index (Phi) is 4.71. The SMILES string of the molecule is CC1CCCC(NCCOc2cccc3ncccc23)C1. The summed E-state index contributed by atoms with van der Waals surface area (Å²) in [6.45, 7) is 3.97. The average molecular weight is 284 g/mol. The van der Waals surface area contributed by atoms with E-state index in [1.807, 2.05) is 30.5 Å². The van der Waals surface area contributed by atoms with Crippen molar-refractivity contribution in [3.8, 4) is 5.75 Å². The van der Waals surface area contributed by atoms with Gasteiger partial charge in [-0.05, 0) is 43.0 Å². The lowest BCUT2D eigenvalue weighted by atomic mass is 9.87. The minimum absolute atomic E-state index is 0.673. The fraction of sp³-hybridized carbons (Fsp3) is 0.500. The summed E-state index contributed by atoms with van der Waals surface area (Å²) in [7, 11) is 0. The molecule has 1 aliphatic rings. The van der Waals surface area contributed by atoms with Crippen LogP contribution in [0.15, 0.2) is 36.5 Å². The lowest BCUT2D eigenvalue weighted by Gasteiger charge is -2.27. The Hall–Kier alpha value is -1.61. The quantitative estimate of drug-likeness (QED) is 0.848. The fourth-order valence-electron chi connectivity index (χ4n) is 3.24. The number of ether oxygens (including phenoxy) is 1. The number of hydrogen-bond donors (Lipinski definition) is 1. The molecule has 2 atom stereocenters. The number of fused-ring (bicyclic) bond motifs is 1. The number of pyridine rings is 1. The van der Waals surface area contributed by atoms with E-state index in [9.17, 15) is 0 Å². The highest BCUT2D eigenvalue weighted by Gasteiger charge is 2.17. The summed E-state index contributed by atoms with van der Waals surface area (Å²) < 4.78 is 5.93. The van der Waals surface area contributed by atoms with E-state index in [-0.39, 0.29) is 0 Å². The van der Waals surface area contributed by atoms with Gasteiger partial charge >= 0.3 is 0 Å². The predicted octanol–water partition coefficient (Wildman–Crippen LogP) is 3.78. The van der Waals surface area contributed by atoms with Crippen molar-refractivity contribution in [2.75, 3.05) is 13.2 Å². The molecule has 112 valence electrons. The number of aromatic nitrogens is 1. The third-order valence-electron chi connectivity index (χ3n) is 4.33. The average Bonchev–Trinajstić information content (AvgIpc) is 2.52. The molecule has 0 saturated heterocycles. The molecule has 0 aliphatic heterocycles. The van der Waals surface area contributed by atoms with Crippen LogP contribution in [-0.2, 0) is 0 Å². The highest BCUT2D eigenvalue weighted by Crippen LogP contribution is 2.24. The second kappa shape index (κ2) is 6.90. The van der Waals surface area contributed by atoms with E-state index < -0.39 is 0 Å². The fourth-order valence-corrected chi connectivity index (χ4v) is 3.24. The van der Waals surface area contributed by atoms with Crippen molar-refractivity contribution in [3.05, 3.63) is 36.5 Å². The first-order valence-electron chi connectivity index (χ1n) is 8.03. The van der Waals surface area contributed by atoms with Crippen LogP contribution in [0, 0.1) is 5.92 Å². The molecule has 0 spiro atoms. The first-order valence-corrected chi connectivity index (χ1v) is 8.03. The summed E-state index contributed by atoms with van der Waals surface area (Å²) in [5.41, 5.74) is 0.990. The van der Waals surface area contributed by atoms with Gasteiger partial charge in [-0.2, -0.15) is 0 Å². The minimum atomic E-state index is 0.673. The minimum Gasteiger partial charge on any atom is -0.492 e. The van der Waals surface area contributed by atoms with Crippen LogP contribution in [0.1, 0.15) is 32.6 Å². The molecule has 21 heavy (non-hydrogen) atoms. The monoisotopic (exact) mass is 284 g/mol. The van der Waals surface area contributed by atoms with E-state index in [1.165, 1.54) is 25.7 Å². The van der Waals surface area contributed by atoms with E-state index in [4.69, 9.17) is 4.74 Å². The first kappa shape index (κ1) is 14.3. The molecule has 0 radical (unpaired) electrons. The highest BCUT2D eigenvalue weighted by molar-refractivity contribution is 5.84. The molecule has 0 bridgehead atoms. The Labute approximate surface area is 126 Å². The van der Waals surface area contributed by atoms with Crippen molar-refractivity contribution in [1.82, 2.24) is 10.3 Å². The van der Waals surface area contributed by atoms with Crippen LogP contribution in [0.3, 0.4) is 0 Å². The van der Waals surface area contributed by atoms with Crippen molar-refractivity contribution in [1.29, 1.82) is 0 Å². The van der Waals surface area contributed by atoms with Gasteiger partial charge in [-0.25, -0.2) is 0 Å². The van der Waals surface area contributed by atoms with Crippen molar-refractivity contribution < 1.29 is 4.74 Å². The van der Waals surface area contributed by atoms with Gasteiger partial charge in [0.25, 0.3) is 0 Å². The van der Waals surface area contributed by atoms with E-state index in [1.54, 1.807) is 0 Å². The molecule has 3 nitrogen and oxygen atoms in total. The molecule has 1 saturated carbocycles. The number of nitrogens with one attached hydrogen (secondary N) is 1. The molecule has 2 aromatic rings. The van der Waals surface area contributed by atoms with Gasteiger partial charge in [0.15, 0.2) is 0 Å². The van der Waals surface area contributed by atoms with Crippen molar-refractivity contribution in [2.24, 2.45) is 5.92 Å². The molecular formula is C18H24N2O. The molecule has 3 rings (SSSR count). The number of hydrogen-bond acceptors (Lipinski definition) is 3. The summed E-state index contributed by atoms with van der Waals surface area (Å²) in [6.07, 6.45) is 7.17. The van der Waals surface area contributed by atoms with Gasteiger partial charge in [0.1, 0.15) is 12.4 Å². The first-order chi connectivity index (χ1) is 10.3. The van der Waals surface area contributed by atoms with Gasteiger partial charge in [0.05, 0.1) is 5.52 Å². The third kappa shape index (κ3) is 3.73. The molecule has 3 heteroatoms.